The molecule has 1 aliphatic rings. The Morgan fingerprint density at radius 1 is 1.30 bits per heavy atom. The zero-order valence-electron chi connectivity index (χ0n) is 13.7. The Labute approximate surface area is 137 Å². The number of hydrogen-bond acceptors (Lipinski definition) is 5. The topological polar surface area (TPSA) is 83.9 Å². The SMILES string of the molecule is CC(C)(C)OC(=O)N1CCC(CS(=O)(=O)c2ccc(O)cc2)C1. The normalized spacial score (nSPS) is 18.9. The number of benzene rings is 1. The summed E-state index contributed by atoms with van der Waals surface area (Å²) in [5, 5.41) is 9.24. The van der Waals surface area contributed by atoms with Gasteiger partial charge in [-0.2, -0.15) is 0 Å². The maximum Gasteiger partial charge on any atom is 0.410 e. The fourth-order valence-corrected chi connectivity index (χ4v) is 4.16. The molecule has 2 rings (SSSR count). The van der Waals surface area contributed by atoms with Crippen molar-refractivity contribution >= 4 is 15.9 Å². The summed E-state index contributed by atoms with van der Waals surface area (Å²) in [7, 11) is -3.43. The minimum absolute atomic E-state index is 0.0168. The molecule has 0 aromatic heterocycles. The van der Waals surface area contributed by atoms with Crippen LogP contribution in [0.25, 0.3) is 0 Å². The molecule has 1 aromatic rings. The fraction of sp³-hybridized carbons (Fsp3) is 0.562. The van der Waals surface area contributed by atoms with Gasteiger partial charge < -0.3 is 14.7 Å². The van der Waals surface area contributed by atoms with E-state index < -0.39 is 21.5 Å². The second kappa shape index (κ2) is 6.39. The van der Waals surface area contributed by atoms with Crippen molar-refractivity contribution < 1.29 is 23.1 Å². The number of ether oxygens (including phenoxy) is 1. The van der Waals surface area contributed by atoms with Gasteiger partial charge in [0, 0.05) is 13.1 Å². The smallest absolute Gasteiger partial charge is 0.410 e. The number of phenols is 1. The Morgan fingerprint density at radius 2 is 1.91 bits per heavy atom. The summed E-state index contributed by atoms with van der Waals surface area (Å²) in [5.41, 5.74) is -0.562. The van der Waals surface area contributed by atoms with Gasteiger partial charge in [0.05, 0.1) is 10.6 Å². The second-order valence-electron chi connectivity index (χ2n) is 6.86. The first-order chi connectivity index (χ1) is 10.6. The van der Waals surface area contributed by atoms with E-state index >= 15 is 0 Å². The molecule has 0 spiro atoms. The number of nitrogens with zero attached hydrogens (tertiary/aromatic N) is 1. The van der Waals surface area contributed by atoms with Crippen molar-refractivity contribution in [1.82, 2.24) is 4.90 Å². The zero-order valence-corrected chi connectivity index (χ0v) is 14.5. The highest BCUT2D eigenvalue weighted by Gasteiger charge is 2.32. The molecule has 1 saturated heterocycles. The number of carbonyl (C=O) groups excluding carboxylic acids is 1. The lowest BCUT2D eigenvalue weighted by Crippen LogP contribution is -2.35. The second-order valence-corrected chi connectivity index (χ2v) is 8.89. The molecular weight excluding hydrogens is 318 g/mol. The highest BCUT2D eigenvalue weighted by atomic mass is 32.2. The Kier molecular flexibility index (Phi) is 4.89. The lowest BCUT2D eigenvalue weighted by molar-refractivity contribution is 0.0289. The highest BCUT2D eigenvalue weighted by molar-refractivity contribution is 7.91. The third-order valence-electron chi connectivity index (χ3n) is 3.59. The van der Waals surface area contributed by atoms with Crippen LogP contribution >= 0.6 is 0 Å². The van der Waals surface area contributed by atoms with E-state index in [4.69, 9.17) is 4.74 Å². The third-order valence-corrected chi connectivity index (χ3v) is 5.49. The van der Waals surface area contributed by atoms with Crippen LogP contribution in [0, 0.1) is 5.92 Å². The van der Waals surface area contributed by atoms with Gasteiger partial charge >= 0.3 is 6.09 Å². The Balaban J connectivity index is 1.97. The minimum atomic E-state index is -3.43. The number of hydrogen-bond donors (Lipinski definition) is 1. The number of rotatable bonds is 3. The van der Waals surface area contributed by atoms with Crippen LogP contribution in [0.1, 0.15) is 27.2 Å². The van der Waals surface area contributed by atoms with E-state index in [9.17, 15) is 18.3 Å². The third kappa shape index (κ3) is 4.86. The van der Waals surface area contributed by atoms with Gasteiger partial charge in [-0.25, -0.2) is 13.2 Å². The Morgan fingerprint density at radius 3 is 2.48 bits per heavy atom. The molecule has 23 heavy (non-hydrogen) atoms. The lowest BCUT2D eigenvalue weighted by Gasteiger charge is -2.24. The first-order valence-electron chi connectivity index (χ1n) is 7.56. The molecule has 1 heterocycles. The van der Waals surface area contributed by atoms with Crippen molar-refractivity contribution in [2.24, 2.45) is 5.92 Å². The first kappa shape index (κ1) is 17.6. The quantitative estimate of drug-likeness (QED) is 0.913. The number of carbonyl (C=O) groups is 1. The van der Waals surface area contributed by atoms with E-state index in [0.29, 0.717) is 19.5 Å². The largest absolute Gasteiger partial charge is 0.508 e. The lowest BCUT2D eigenvalue weighted by atomic mass is 10.2. The van der Waals surface area contributed by atoms with Gasteiger partial charge in [0.1, 0.15) is 11.4 Å². The first-order valence-corrected chi connectivity index (χ1v) is 9.22. The van der Waals surface area contributed by atoms with Crippen molar-refractivity contribution in [1.29, 1.82) is 0 Å². The predicted octanol–water partition coefficient (Wildman–Crippen LogP) is 2.42. The number of aromatic hydroxyl groups is 1. The molecule has 0 radical (unpaired) electrons. The molecule has 1 N–H and O–H groups in total. The molecular formula is C16H23NO5S. The van der Waals surface area contributed by atoms with Gasteiger partial charge in [-0.1, -0.05) is 0 Å². The van der Waals surface area contributed by atoms with Crippen LogP contribution in [0.4, 0.5) is 4.79 Å². The summed E-state index contributed by atoms with van der Waals surface area (Å²) in [6.45, 7) is 6.28. The fourth-order valence-electron chi connectivity index (χ4n) is 2.52. The van der Waals surface area contributed by atoms with Crippen LogP contribution in [-0.4, -0.2) is 49.0 Å². The molecule has 1 aromatic carbocycles. The summed E-state index contributed by atoms with van der Waals surface area (Å²) in [4.78, 5) is 13.7. The van der Waals surface area contributed by atoms with Crippen LogP contribution < -0.4 is 0 Å². The van der Waals surface area contributed by atoms with Crippen LogP contribution in [0.15, 0.2) is 29.2 Å². The molecule has 1 atom stereocenters. The van der Waals surface area contributed by atoms with Crippen molar-refractivity contribution in [3.63, 3.8) is 0 Å². The minimum Gasteiger partial charge on any atom is -0.508 e. The van der Waals surface area contributed by atoms with Gasteiger partial charge in [0.15, 0.2) is 9.84 Å². The number of amides is 1. The standard InChI is InChI=1S/C16H23NO5S/c1-16(2,3)22-15(19)17-9-8-12(10-17)11-23(20,21)14-6-4-13(18)5-7-14/h4-7,12,18H,8-11H2,1-3H3. The molecule has 0 saturated carbocycles. The van der Waals surface area contributed by atoms with E-state index in [1.807, 2.05) is 0 Å². The van der Waals surface area contributed by atoms with Crippen LogP contribution in [0.2, 0.25) is 0 Å². The monoisotopic (exact) mass is 341 g/mol. The number of sulfone groups is 1. The van der Waals surface area contributed by atoms with Gasteiger partial charge in [-0.3, -0.25) is 0 Å². The predicted molar refractivity (Wildman–Crippen MR) is 86.1 cm³/mol. The van der Waals surface area contributed by atoms with E-state index in [1.54, 1.807) is 25.7 Å². The van der Waals surface area contributed by atoms with Gasteiger partial charge in [0.25, 0.3) is 0 Å². The molecule has 0 aliphatic carbocycles. The van der Waals surface area contributed by atoms with E-state index in [0.717, 1.165) is 0 Å². The van der Waals surface area contributed by atoms with Crippen molar-refractivity contribution in [2.75, 3.05) is 18.8 Å². The summed E-state index contributed by atoms with van der Waals surface area (Å²) in [6.07, 6.45) is 0.235. The zero-order chi connectivity index (χ0) is 17.3. The Hall–Kier alpha value is -1.76. The summed E-state index contributed by atoms with van der Waals surface area (Å²) >= 11 is 0. The average molecular weight is 341 g/mol. The average Bonchev–Trinajstić information content (AvgIpc) is 2.85. The van der Waals surface area contributed by atoms with Crippen LogP contribution in [-0.2, 0) is 14.6 Å². The molecule has 1 fully saturated rings. The van der Waals surface area contributed by atoms with E-state index in [2.05, 4.69) is 0 Å². The van der Waals surface area contributed by atoms with Gasteiger partial charge in [-0.05, 0) is 57.4 Å². The van der Waals surface area contributed by atoms with E-state index in [-0.39, 0.29) is 22.3 Å². The molecule has 1 amide bonds. The maximum absolute atomic E-state index is 12.4. The summed E-state index contributed by atoms with van der Waals surface area (Å²) in [5.74, 6) is -0.0981. The maximum atomic E-state index is 12.4. The molecule has 6 nitrogen and oxygen atoms in total. The molecule has 1 unspecified atom stereocenters. The Bertz CT molecular complexity index is 661. The molecule has 0 bridgehead atoms. The van der Waals surface area contributed by atoms with Crippen LogP contribution in [0.3, 0.4) is 0 Å². The summed E-state index contributed by atoms with van der Waals surface area (Å²) in [6, 6.07) is 5.50. The number of likely N-dealkylation sites (tertiary alicyclic amines) is 1. The molecule has 7 heteroatoms. The van der Waals surface area contributed by atoms with Crippen LogP contribution in [0.5, 0.6) is 5.75 Å². The molecule has 128 valence electrons. The summed E-state index contributed by atoms with van der Waals surface area (Å²) < 4.78 is 30.1. The van der Waals surface area contributed by atoms with Crippen molar-refractivity contribution in [2.45, 2.75) is 37.7 Å². The van der Waals surface area contributed by atoms with Gasteiger partial charge in [-0.15, -0.1) is 0 Å². The van der Waals surface area contributed by atoms with Crippen molar-refractivity contribution in [3.8, 4) is 5.75 Å². The van der Waals surface area contributed by atoms with E-state index in [1.165, 1.54) is 24.3 Å². The van der Waals surface area contributed by atoms with Crippen molar-refractivity contribution in [3.05, 3.63) is 24.3 Å². The van der Waals surface area contributed by atoms with Gasteiger partial charge in [0.2, 0.25) is 0 Å². The number of phenolic OH excluding ortho intramolecular Hbond substituents is 1. The highest BCUT2D eigenvalue weighted by Crippen LogP contribution is 2.24. The molecule has 1 aliphatic heterocycles.